The number of ether oxygens (including phenoxy) is 6. The molecule has 17 rings (SSSR count). The third-order valence-corrected chi connectivity index (χ3v) is 28.5. The molecule has 23 heteroatoms. The molecule has 0 saturated carbocycles. The van der Waals surface area contributed by atoms with Crippen LogP contribution in [0.15, 0.2) is 319 Å². The molecule has 1 fully saturated rings. The Labute approximate surface area is 933 Å². The van der Waals surface area contributed by atoms with Crippen molar-refractivity contribution in [2.45, 2.75) is 139 Å². The number of carbonyl (C=O) groups is 4. The molecule has 0 bridgehead atoms. The molecule has 1 aliphatic heterocycles. The molecular weight excluding hydrogens is 2090 g/mol. The van der Waals surface area contributed by atoms with Gasteiger partial charge in [-0.3, -0.25) is 0 Å². The maximum Gasteiger partial charge on any atom is 1.00 e. The summed E-state index contributed by atoms with van der Waals surface area (Å²) < 4.78 is 46.2. The minimum absolute atomic E-state index is 0. The summed E-state index contributed by atoms with van der Waals surface area (Å²) in [6.07, 6.45) is 25.3. The molecule has 0 atom stereocenters. The number of rotatable bonds is 30. The van der Waals surface area contributed by atoms with Crippen LogP contribution in [0.5, 0.6) is 23.0 Å². The number of hydrogen-bond acceptors (Lipinski definition) is 13. The number of esters is 2. The number of carboxylic acids is 2. The fourth-order valence-corrected chi connectivity index (χ4v) is 20.0. The first kappa shape index (κ1) is 119. The third kappa shape index (κ3) is 30.2. The number of allylic oxidation sites excluding steroid dienone is 12. The van der Waals surface area contributed by atoms with Gasteiger partial charge in [-0.25, -0.2) is 19.2 Å². The molecule has 0 aromatic heterocycles. The molecule has 0 spiro atoms. The van der Waals surface area contributed by atoms with Gasteiger partial charge in [0.15, 0.2) is 0 Å². The molecule has 1 heterocycles. The summed E-state index contributed by atoms with van der Waals surface area (Å²) in [7, 11) is 6.21. The van der Waals surface area contributed by atoms with E-state index in [9.17, 15) is 19.2 Å². The van der Waals surface area contributed by atoms with Crippen molar-refractivity contribution in [3.63, 3.8) is 0 Å². The minimum Gasteiger partial charge on any atom is -0.870 e. The van der Waals surface area contributed by atoms with Crippen molar-refractivity contribution in [2.24, 2.45) is 0 Å². The number of fused-ring (bicyclic) bond motifs is 4. The third-order valence-electron chi connectivity index (χ3n) is 26.3. The van der Waals surface area contributed by atoms with Crippen molar-refractivity contribution in [3.8, 4) is 23.0 Å². The Morgan fingerprint density at radius 3 is 0.987 bits per heavy atom. The zero-order valence-corrected chi connectivity index (χ0v) is 92.3. The molecule has 1 saturated heterocycles. The van der Waals surface area contributed by atoms with Crippen LogP contribution >= 0.6 is 80.6 Å². The van der Waals surface area contributed by atoms with E-state index in [0.717, 1.165) is 178 Å². The van der Waals surface area contributed by atoms with E-state index < -0.39 is 30.3 Å². The van der Waals surface area contributed by atoms with Crippen LogP contribution < -0.4 is 37.8 Å². The molecule has 0 unspecified atom stereocenters. The maximum absolute atomic E-state index is 11.7. The Kier molecular flexibility index (Phi) is 44.8. The Morgan fingerprint density at radius 2 is 0.673 bits per heavy atom. The number of carbonyl (C=O) groups excluding carboxylic acids is 2. The molecule has 4 aliphatic carbocycles. The van der Waals surface area contributed by atoms with Crippen molar-refractivity contribution in [1.82, 2.24) is 0 Å². The molecule has 0 amide bonds. The van der Waals surface area contributed by atoms with Crippen LogP contribution in [0.3, 0.4) is 0 Å². The number of hydrogen-bond donors (Lipinski definition) is 2. The van der Waals surface area contributed by atoms with Crippen molar-refractivity contribution < 1.29 is 91.5 Å². The van der Waals surface area contributed by atoms with E-state index in [-0.39, 0.29) is 43.7 Å². The number of carboxylic acid groups (broad SMARTS) is 2. The Balaban J connectivity index is 0.000000196. The van der Waals surface area contributed by atoms with Crippen molar-refractivity contribution in [2.75, 3.05) is 41.7 Å². The second-order valence-electron chi connectivity index (χ2n) is 36.0. The summed E-state index contributed by atoms with van der Waals surface area (Å²) in [6.45, 7) is 21.3. The Hall–Kier alpha value is -12.7. The van der Waals surface area contributed by atoms with E-state index in [2.05, 4.69) is 218 Å². The first-order valence-corrected chi connectivity index (χ1v) is 51.9. The molecular formula is C127H124BCl5ILiO15. The van der Waals surface area contributed by atoms with Gasteiger partial charge in [0.25, 0.3) is 0 Å². The predicted octanol–water partition coefficient (Wildman–Crippen LogP) is 30.4. The van der Waals surface area contributed by atoms with E-state index in [4.69, 9.17) is 106 Å². The molecule has 5 aliphatic rings. The van der Waals surface area contributed by atoms with E-state index in [1.165, 1.54) is 95.7 Å². The quantitative estimate of drug-likeness (QED) is 0.0141. The van der Waals surface area contributed by atoms with Crippen molar-refractivity contribution >= 4 is 198 Å². The summed E-state index contributed by atoms with van der Waals surface area (Å²) in [5.74, 6) is 0.424. The first-order valence-electron chi connectivity index (χ1n) is 48.9. The fraction of sp³-hybridized carbons (Fsp3) is 0.213. The maximum atomic E-state index is 11.7. The predicted molar refractivity (Wildman–Crippen MR) is 626 cm³/mol. The van der Waals surface area contributed by atoms with E-state index in [0.29, 0.717) is 39.1 Å². The van der Waals surface area contributed by atoms with Gasteiger partial charge in [-0.15, -0.1) is 0 Å². The molecule has 12 aromatic carbocycles. The van der Waals surface area contributed by atoms with Crippen LogP contribution in [-0.2, 0) is 63.6 Å². The van der Waals surface area contributed by atoms with E-state index in [1.807, 2.05) is 140 Å². The van der Waals surface area contributed by atoms with Crippen LogP contribution in [-0.4, -0.2) is 99.5 Å². The van der Waals surface area contributed by atoms with Gasteiger partial charge in [0.2, 0.25) is 0 Å². The molecule has 3 N–H and O–H groups in total. The van der Waals surface area contributed by atoms with Gasteiger partial charge in [-0.2, -0.15) is 0 Å². The molecule has 12 aromatic rings. The van der Waals surface area contributed by atoms with Gasteiger partial charge < -0.3 is 53.4 Å². The van der Waals surface area contributed by atoms with Gasteiger partial charge in [-0.1, -0.05) is 305 Å². The van der Waals surface area contributed by atoms with Crippen LogP contribution in [0.4, 0.5) is 0 Å². The number of benzene rings is 12. The average molecular weight is 2210 g/mol. The minimum atomic E-state index is -0.978. The van der Waals surface area contributed by atoms with Crippen molar-refractivity contribution in [1.29, 1.82) is 0 Å². The van der Waals surface area contributed by atoms with Gasteiger partial charge >= 0.3 is 49.9 Å². The van der Waals surface area contributed by atoms with Crippen LogP contribution in [0.25, 0.3) is 86.6 Å². The zero-order valence-electron chi connectivity index (χ0n) is 86.4. The van der Waals surface area contributed by atoms with Gasteiger partial charge in [0.1, 0.15) is 23.0 Å². The SMILES string of the molecule is C.CC/C(=C(\C1=C(Cl)c2ccccc2C1)c1ccc(/C=C/C(=O)O)cc1)c1ccc(Cl)cc1OC.CC/C(=C(\C1=Cc2ccccc2C1)c1ccc(/C=C/C(=O)O)cc1)c1ccc(Cl)cc1OC.CCOC(=O)/C=C/c1ccc(/C(C2=Cc3ccccc3C2)=C(/CC)B2OC(C)(C)C(C)(C)O2)cc1.CCOC(=O)/C=C/c1ccc(/C(C2=Cc3ccccc3C2)=C(/CC)c2ccc(Cl)cc2OC)cc1.COc1cc(Cl)ccc1I.[Li+].[OH-]. The Morgan fingerprint density at radius 1 is 0.373 bits per heavy atom. The van der Waals surface area contributed by atoms with Crippen LogP contribution in [0, 0.1) is 3.57 Å². The zero-order chi connectivity index (χ0) is 105. The summed E-state index contributed by atoms with van der Waals surface area (Å²) in [4.78, 5) is 45.2. The normalized spacial score (nSPS) is 14.2. The second-order valence-corrected chi connectivity index (χ2v) is 39.3. The average Bonchev–Trinajstić information content (AvgIpc) is 1.61. The van der Waals surface area contributed by atoms with Crippen LogP contribution in [0.1, 0.15) is 208 Å². The number of halogens is 6. The van der Waals surface area contributed by atoms with Gasteiger partial charge in [-0.05, 0) is 362 Å². The smallest absolute Gasteiger partial charge is 0.870 e. The first-order chi connectivity index (χ1) is 70.8. The van der Waals surface area contributed by atoms with Crippen LogP contribution in [0.2, 0.25) is 20.1 Å². The standard InChI is InChI=1S/C31H29ClO3.C30H35BO4.C29H24Cl2O3.C29H25ClO3.C7H6ClIO.CH4.Li.H2O/c1-4-27(28-16-15-26(32)20-29(28)34-3)31(25-18-23-8-6-7-9-24(23)19-25)22-13-10-21(11-14-22)12-17-30(33)35-5-2;1-7-26(31-34-29(3,4)30(5,6)35-31)28(25-19-23-11-9-10-12-24(23)20-25)22-16-13-21(14-17-22)15-18-27(32)33-8-2;1-3-22(24-14-13-21(30)17-26(24)34-2)28(19-11-8-18(9-12-19)10-15-27(32)33)25-16-20-6-4-5-7-23(20)29(25)31;1-3-25(26-14-13-24(30)18-27(26)33-2)29(23-16-21-6-4-5-7-22(21)17-23)20-11-8-19(9-12-20)10-15-28(31)32;1-10-7-4-5(8)2-3-6(7)9;;;/h6-18,20H,4-5,19H2,1-3H3;9-19H,7-8,20H2,1-6H3;4-15,17H,3,16H2,1-2H3,(H,32,33);4-16,18H,3,17H2,1-2H3,(H,31,32);2-4H,1H3;1H4;;1H2/q;;;;;;+1;/p-1/b17-12+,31-27+;18-15+,28-26+;15-10+,28-22+;15-10+,29-25+;;;;. The Bertz CT molecular complexity index is 7250. The molecule has 768 valence electrons. The topological polar surface area (TPSA) is 213 Å². The fourth-order valence-electron chi connectivity index (χ4n) is 18.5. The number of aliphatic carboxylic acids is 2. The second kappa shape index (κ2) is 56.4. The van der Waals surface area contributed by atoms with Gasteiger partial charge in [0, 0.05) is 67.5 Å². The summed E-state index contributed by atoms with van der Waals surface area (Å²) in [6, 6.07) is 89.0. The summed E-state index contributed by atoms with van der Waals surface area (Å²) in [5.41, 5.74) is 34.1. The monoisotopic (exact) mass is 2210 g/mol. The number of methoxy groups -OCH3 is 4. The van der Waals surface area contributed by atoms with Gasteiger partial charge in [0.05, 0.1) is 61.5 Å². The van der Waals surface area contributed by atoms with E-state index >= 15 is 0 Å². The van der Waals surface area contributed by atoms with E-state index in [1.54, 1.807) is 72.7 Å². The largest absolute Gasteiger partial charge is 1.00 e. The summed E-state index contributed by atoms with van der Waals surface area (Å²) in [5, 5.41) is 21.2. The van der Waals surface area contributed by atoms with Crippen molar-refractivity contribution in [3.05, 3.63) is 448 Å². The molecule has 0 radical (unpaired) electrons. The molecule has 150 heavy (non-hydrogen) atoms. The summed E-state index contributed by atoms with van der Waals surface area (Å²) >= 11 is 33.6. The molecule has 15 nitrogen and oxygen atoms in total.